The van der Waals surface area contributed by atoms with Crippen molar-refractivity contribution >= 4 is 16.8 Å². The molecular weight excluding hydrogens is 308 g/mol. The van der Waals surface area contributed by atoms with E-state index >= 15 is 0 Å². The number of benzene rings is 1. The highest BCUT2D eigenvalue weighted by atomic mass is 16.1. The minimum Gasteiger partial charge on any atom is -0.354 e. The summed E-state index contributed by atoms with van der Waals surface area (Å²) in [6.07, 6.45) is 11.2. The monoisotopic (exact) mass is 336 g/mol. The molecule has 1 amide bonds. The lowest BCUT2D eigenvalue weighted by Gasteiger charge is -2.56. The molecule has 132 valence electrons. The van der Waals surface area contributed by atoms with E-state index in [9.17, 15) is 4.79 Å². The zero-order valence-corrected chi connectivity index (χ0v) is 14.9. The van der Waals surface area contributed by atoms with E-state index in [1.807, 2.05) is 0 Å². The van der Waals surface area contributed by atoms with Crippen LogP contribution in [0.5, 0.6) is 0 Å². The summed E-state index contributed by atoms with van der Waals surface area (Å²) in [6.45, 7) is 1.57. The Morgan fingerprint density at radius 1 is 1.04 bits per heavy atom. The molecule has 1 heterocycles. The Morgan fingerprint density at radius 3 is 2.44 bits per heavy atom. The quantitative estimate of drug-likeness (QED) is 0.864. The summed E-state index contributed by atoms with van der Waals surface area (Å²) >= 11 is 0. The Labute approximate surface area is 149 Å². The highest BCUT2D eigenvalue weighted by Crippen LogP contribution is 2.61. The van der Waals surface area contributed by atoms with Crippen molar-refractivity contribution < 1.29 is 4.79 Å². The Morgan fingerprint density at radius 2 is 1.72 bits per heavy atom. The first kappa shape index (κ1) is 15.5. The van der Waals surface area contributed by atoms with Crippen molar-refractivity contribution in [2.75, 3.05) is 6.54 Å². The van der Waals surface area contributed by atoms with Crippen LogP contribution in [0.2, 0.25) is 0 Å². The van der Waals surface area contributed by atoms with Crippen molar-refractivity contribution in [2.24, 2.45) is 23.2 Å². The van der Waals surface area contributed by atoms with E-state index in [-0.39, 0.29) is 5.91 Å². The number of fused-ring (bicyclic) bond motifs is 1. The second kappa shape index (κ2) is 5.89. The van der Waals surface area contributed by atoms with Crippen molar-refractivity contribution in [3.05, 3.63) is 36.5 Å². The molecule has 4 bridgehead atoms. The van der Waals surface area contributed by atoms with E-state index in [0.29, 0.717) is 5.41 Å². The van der Waals surface area contributed by atoms with Gasteiger partial charge in [-0.05, 0) is 79.2 Å². The maximum Gasteiger partial charge on any atom is 0.220 e. The number of aromatic nitrogens is 1. The Hall–Kier alpha value is -1.77. The van der Waals surface area contributed by atoms with Crippen LogP contribution < -0.4 is 5.32 Å². The standard InChI is InChI=1S/C22H28N2O/c25-21(15-22-12-16-9-17(13-22)11-18(10-16)14-22)23-6-8-24-7-5-19-3-1-2-4-20(19)24/h1-5,7,16-18H,6,8-15H2,(H,23,25). The van der Waals surface area contributed by atoms with E-state index in [4.69, 9.17) is 0 Å². The predicted octanol–water partition coefficient (Wildman–Crippen LogP) is 4.36. The molecule has 0 aliphatic heterocycles. The van der Waals surface area contributed by atoms with Crippen molar-refractivity contribution in [2.45, 2.75) is 51.5 Å². The van der Waals surface area contributed by atoms with Gasteiger partial charge in [-0.25, -0.2) is 0 Å². The Kier molecular flexibility index (Phi) is 3.65. The van der Waals surface area contributed by atoms with Gasteiger partial charge in [0.2, 0.25) is 5.91 Å². The van der Waals surface area contributed by atoms with Gasteiger partial charge in [-0.1, -0.05) is 18.2 Å². The molecule has 3 nitrogen and oxygen atoms in total. The van der Waals surface area contributed by atoms with Gasteiger partial charge >= 0.3 is 0 Å². The van der Waals surface area contributed by atoms with Crippen molar-refractivity contribution in [1.29, 1.82) is 0 Å². The highest BCUT2D eigenvalue weighted by molar-refractivity contribution is 5.80. The van der Waals surface area contributed by atoms with Gasteiger partial charge < -0.3 is 9.88 Å². The normalized spacial score (nSPS) is 33.0. The number of amides is 1. The summed E-state index contributed by atoms with van der Waals surface area (Å²) < 4.78 is 2.24. The van der Waals surface area contributed by atoms with Crippen LogP contribution in [0.1, 0.15) is 44.9 Å². The Bertz CT molecular complexity index is 755. The molecule has 25 heavy (non-hydrogen) atoms. The van der Waals surface area contributed by atoms with Gasteiger partial charge in [-0.2, -0.15) is 0 Å². The number of hydrogen-bond donors (Lipinski definition) is 1. The summed E-state index contributed by atoms with van der Waals surface area (Å²) in [6, 6.07) is 10.6. The van der Waals surface area contributed by atoms with Crippen LogP contribution in [0.3, 0.4) is 0 Å². The fraction of sp³-hybridized carbons (Fsp3) is 0.591. The molecule has 1 N–H and O–H groups in total. The Balaban J connectivity index is 1.18. The largest absolute Gasteiger partial charge is 0.354 e. The number of nitrogens with zero attached hydrogens (tertiary/aromatic N) is 1. The topological polar surface area (TPSA) is 34.0 Å². The number of carbonyl (C=O) groups is 1. The molecule has 2 aromatic rings. The molecule has 0 radical (unpaired) electrons. The lowest BCUT2D eigenvalue weighted by molar-refractivity contribution is -0.129. The summed E-state index contributed by atoms with van der Waals surface area (Å²) in [5.74, 6) is 3.04. The summed E-state index contributed by atoms with van der Waals surface area (Å²) in [7, 11) is 0. The molecule has 6 rings (SSSR count). The lowest BCUT2D eigenvalue weighted by Crippen LogP contribution is -2.48. The SMILES string of the molecule is O=C(CC12CC3CC(CC(C3)C1)C2)NCCn1ccc2ccccc21. The lowest BCUT2D eigenvalue weighted by atomic mass is 9.49. The zero-order chi connectivity index (χ0) is 16.9. The van der Waals surface area contributed by atoms with E-state index < -0.39 is 0 Å². The second-order valence-electron chi connectivity index (χ2n) is 9.01. The summed E-state index contributed by atoms with van der Waals surface area (Å²) in [5.41, 5.74) is 1.59. The molecule has 0 atom stereocenters. The third-order valence-corrected chi connectivity index (χ3v) is 7.06. The molecule has 3 heteroatoms. The van der Waals surface area contributed by atoms with Crippen LogP contribution in [-0.2, 0) is 11.3 Å². The van der Waals surface area contributed by atoms with Crippen LogP contribution in [0.4, 0.5) is 0 Å². The van der Waals surface area contributed by atoms with Crippen LogP contribution in [0.25, 0.3) is 10.9 Å². The van der Waals surface area contributed by atoms with E-state index in [1.165, 1.54) is 49.4 Å². The number of carbonyl (C=O) groups excluding carboxylic acids is 1. The predicted molar refractivity (Wildman–Crippen MR) is 100 cm³/mol. The maximum absolute atomic E-state index is 12.6. The number of rotatable bonds is 5. The molecule has 4 saturated carbocycles. The van der Waals surface area contributed by atoms with Crippen LogP contribution in [-0.4, -0.2) is 17.0 Å². The van der Waals surface area contributed by atoms with Crippen LogP contribution >= 0.6 is 0 Å². The molecule has 4 aliphatic rings. The van der Waals surface area contributed by atoms with Gasteiger partial charge in [0.05, 0.1) is 0 Å². The third-order valence-electron chi connectivity index (χ3n) is 7.06. The molecular formula is C22H28N2O. The third kappa shape index (κ3) is 2.88. The van der Waals surface area contributed by atoms with E-state index in [0.717, 1.165) is 37.3 Å². The van der Waals surface area contributed by atoms with Crippen molar-refractivity contribution in [3.63, 3.8) is 0 Å². The zero-order valence-electron chi connectivity index (χ0n) is 14.9. The minimum atomic E-state index is 0.276. The number of nitrogens with one attached hydrogen (secondary N) is 1. The fourth-order valence-electron chi connectivity index (χ4n) is 6.56. The van der Waals surface area contributed by atoms with Crippen LogP contribution in [0.15, 0.2) is 36.5 Å². The van der Waals surface area contributed by atoms with Gasteiger partial charge in [0.15, 0.2) is 0 Å². The second-order valence-corrected chi connectivity index (χ2v) is 9.01. The first-order chi connectivity index (χ1) is 12.2. The van der Waals surface area contributed by atoms with Crippen molar-refractivity contribution in [3.8, 4) is 0 Å². The summed E-state index contributed by atoms with van der Waals surface area (Å²) in [5, 5.41) is 4.47. The summed E-state index contributed by atoms with van der Waals surface area (Å²) in [4.78, 5) is 12.6. The minimum absolute atomic E-state index is 0.276. The maximum atomic E-state index is 12.6. The van der Waals surface area contributed by atoms with E-state index in [2.05, 4.69) is 46.4 Å². The average molecular weight is 336 g/mol. The van der Waals surface area contributed by atoms with Gasteiger partial charge in [0.1, 0.15) is 0 Å². The van der Waals surface area contributed by atoms with Gasteiger partial charge in [-0.3, -0.25) is 4.79 Å². The molecule has 1 aromatic carbocycles. The smallest absolute Gasteiger partial charge is 0.220 e. The molecule has 1 aromatic heterocycles. The fourth-order valence-corrected chi connectivity index (χ4v) is 6.56. The molecule has 0 spiro atoms. The average Bonchev–Trinajstić information content (AvgIpc) is 2.96. The number of para-hydroxylation sites is 1. The molecule has 0 unspecified atom stereocenters. The van der Waals surface area contributed by atoms with Crippen LogP contribution in [0, 0.1) is 23.2 Å². The highest BCUT2D eigenvalue weighted by Gasteiger charge is 2.51. The molecule has 4 fully saturated rings. The first-order valence-electron chi connectivity index (χ1n) is 10.00. The first-order valence-corrected chi connectivity index (χ1v) is 10.00. The van der Waals surface area contributed by atoms with Crippen molar-refractivity contribution in [1.82, 2.24) is 9.88 Å². The van der Waals surface area contributed by atoms with E-state index in [1.54, 1.807) is 0 Å². The molecule has 0 saturated heterocycles. The van der Waals surface area contributed by atoms with Gasteiger partial charge in [0, 0.05) is 31.2 Å². The molecule has 4 aliphatic carbocycles. The van der Waals surface area contributed by atoms with Gasteiger partial charge in [0.25, 0.3) is 0 Å². The van der Waals surface area contributed by atoms with Gasteiger partial charge in [-0.15, -0.1) is 0 Å². The number of hydrogen-bond acceptors (Lipinski definition) is 1.